The molecule has 18 rings (SSSR count). The third-order valence-electron chi connectivity index (χ3n) is 23.5. The summed E-state index contributed by atoms with van der Waals surface area (Å²) in [7, 11) is 6.19. The van der Waals surface area contributed by atoms with E-state index in [1.54, 1.807) is 36.4 Å². The van der Waals surface area contributed by atoms with Crippen molar-refractivity contribution < 1.29 is 64.5 Å². The van der Waals surface area contributed by atoms with E-state index in [4.69, 9.17) is 50.3 Å². The van der Waals surface area contributed by atoms with Gasteiger partial charge in [0.15, 0.2) is 5.60 Å². The molecular weight excluding hydrogens is 1640 g/mol. The number of aryl methyl sites for hydroxylation is 9. The first-order chi connectivity index (χ1) is 62.6. The number of aromatic nitrogens is 12. The lowest BCUT2D eigenvalue weighted by Crippen LogP contribution is -2.42. The van der Waals surface area contributed by atoms with E-state index in [1.807, 2.05) is 127 Å². The molecule has 0 aliphatic rings. The average molecular weight is 1740 g/mol. The van der Waals surface area contributed by atoms with Gasteiger partial charge in [-0.05, 0) is 198 Å². The number of hydrogen-bond acceptors (Lipinski definition) is 13. The van der Waals surface area contributed by atoms with Crippen molar-refractivity contribution in [3.63, 3.8) is 0 Å². The number of hydrogen-bond donors (Lipinski definition) is 7. The van der Waals surface area contributed by atoms with Crippen LogP contribution in [0.5, 0.6) is 0 Å². The topological polar surface area (TPSA) is 351 Å². The highest BCUT2D eigenvalue weighted by Gasteiger charge is 2.41. The zero-order valence-electron chi connectivity index (χ0n) is 73.5. The molecule has 130 heavy (non-hydrogen) atoms. The predicted molar refractivity (Wildman–Crippen MR) is 505 cm³/mol. The number of carboxylic acids is 6. The summed E-state index contributed by atoms with van der Waals surface area (Å²) in [6.07, 6.45) is 3.39. The number of aliphatic hydroxyl groups is 1. The monoisotopic (exact) mass is 1730 g/mol. The molecule has 0 spiro atoms. The Bertz CT molecular complexity index is 6710. The van der Waals surface area contributed by atoms with Crippen LogP contribution in [0, 0.1) is 20.8 Å². The van der Waals surface area contributed by atoms with Crippen LogP contribution >= 0.6 is 0 Å². The van der Waals surface area contributed by atoms with Gasteiger partial charge in [0.25, 0.3) is 0 Å². The van der Waals surface area contributed by atoms with Crippen LogP contribution in [0.3, 0.4) is 0 Å². The highest BCUT2D eigenvalue weighted by Crippen LogP contribution is 2.37. The molecule has 0 radical (unpaired) electrons. The van der Waals surface area contributed by atoms with E-state index in [2.05, 4.69) is 181 Å². The summed E-state index contributed by atoms with van der Waals surface area (Å²) in [5.74, 6) is -1.77. The molecule has 7 N–H and O–H groups in total. The number of para-hydroxylation sites is 6. The van der Waals surface area contributed by atoms with Crippen molar-refractivity contribution in [3.05, 3.63) is 322 Å². The number of nitrogens with zero attached hydrogens (tertiary/aromatic N) is 12. The lowest BCUT2D eigenvalue weighted by molar-refractivity contribution is -0.170. The predicted octanol–water partition coefficient (Wildman–Crippen LogP) is 20.5. The molecule has 0 saturated carbocycles. The highest BCUT2D eigenvalue weighted by molar-refractivity contribution is 5.99. The fourth-order valence-electron chi connectivity index (χ4n) is 17.1. The van der Waals surface area contributed by atoms with E-state index in [0.717, 1.165) is 223 Å². The molecule has 25 heteroatoms. The summed E-state index contributed by atoms with van der Waals surface area (Å²) in [5.41, 5.74) is 25.7. The number of rotatable bonds is 26. The first kappa shape index (κ1) is 89.1. The third-order valence-corrected chi connectivity index (χ3v) is 23.5. The summed E-state index contributed by atoms with van der Waals surface area (Å²) in [6, 6.07) is 83.7. The van der Waals surface area contributed by atoms with Crippen molar-refractivity contribution in [1.82, 2.24) is 57.3 Å². The highest BCUT2D eigenvalue weighted by atomic mass is 16.4. The smallest absolute Gasteiger partial charge is 0.336 e. The van der Waals surface area contributed by atoms with Gasteiger partial charge in [0.1, 0.15) is 34.9 Å². The van der Waals surface area contributed by atoms with Gasteiger partial charge in [0, 0.05) is 76.7 Å². The van der Waals surface area contributed by atoms with E-state index >= 15 is 0 Å². The molecule has 0 atom stereocenters. The second-order valence-corrected chi connectivity index (χ2v) is 32.6. The molecule has 25 nitrogen and oxygen atoms in total. The standard InChI is InChI=1S/3C33H30N4O2.C6H8O7/c3*1-4-9-30-35-31-21(2)18-24(32-34-27-12-7-8-13-28(27)36(32)3)19-29(31)37(30)20-22-14-16-23(17-15-22)25-10-5-6-11-26(25)33(38)39;7-3(8)1-6(13,5(11)12)2-4(9)10/h3*5-8,10-19H,4,9,20H2,1-3H3,(H,38,39);13H,1-2H2,(H,7,8)(H,9,10)(H,11,12). The van der Waals surface area contributed by atoms with Gasteiger partial charge >= 0.3 is 35.8 Å². The first-order valence-corrected chi connectivity index (χ1v) is 43.0. The number of fused-ring (bicyclic) bond motifs is 6. The molecule has 18 aromatic rings. The maximum atomic E-state index is 11.7. The van der Waals surface area contributed by atoms with E-state index in [9.17, 15) is 44.1 Å². The van der Waals surface area contributed by atoms with E-state index in [0.29, 0.717) is 36.3 Å². The zero-order chi connectivity index (χ0) is 91.9. The number of carbonyl (C=O) groups is 6. The molecule has 0 bridgehead atoms. The number of aliphatic carboxylic acids is 3. The zero-order valence-corrected chi connectivity index (χ0v) is 73.5. The van der Waals surface area contributed by atoms with E-state index in [1.165, 1.54) is 0 Å². The Morgan fingerprint density at radius 2 is 0.562 bits per heavy atom. The maximum Gasteiger partial charge on any atom is 0.336 e. The molecular formula is C105H98N12O13. The van der Waals surface area contributed by atoms with Crippen LogP contribution in [0.1, 0.15) is 135 Å². The molecule has 0 fully saturated rings. The van der Waals surface area contributed by atoms with Gasteiger partial charge in [-0.15, -0.1) is 0 Å². The van der Waals surface area contributed by atoms with Gasteiger partial charge < -0.3 is 63.1 Å². The number of carboxylic acid groups (broad SMARTS) is 6. The molecule has 0 aliphatic heterocycles. The van der Waals surface area contributed by atoms with Gasteiger partial charge in [0.05, 0.1) is 95.7 Å². The Morgan fingerprint density at radius 1 is 0.308 bits per heavy atom. The van der Waals surface area contributed by atoms with Crippen molar-refractivity contribution in [2.75, 3.05) is 0 Å². The molecule has 0 aliphatic carbocycles. The van der Waals surface area contributed by atoms with E-state index < -0.39 is 54.3 Å². The Kier molecular flexibility index (Phi) is 26.2. The average Bonchev–Trinajstić information content (AvgIpc) is 1.61. The summed E-state index contributed by atoms with van der Waals surface area (Å²) in [5, 5.41) is 62.6. The quantitative estimate of drug-likeness (QED) is 0.0265. The number of benzene rings is 12. The van der Waals surface area contributed by atoms with Gasteiger partial charge in [-0.3, -0.25) is 9.59 Å². The molecule has 6 aromatic heterocycles. The molecule has 12 aromatic carbocycles. The van der Waals surface area contributed by atoms with Crippen LogP contribution in [-0.4, -0.2) is 134 Å². The minimum Gasteiger partial charge on any atom is -0.481 e. The minimum atomic E-state index is -2.74. The van der Waals surface area contributed by atoms with Crippen molar-refractivity contribution in [2.45, 2.75) is 118 Å². The third kappa shape index (κ3) is 18.6. The second kappa shape index (κ2) is 38.2. The SMILES string of the molecule is CCCc1nc2c(C)cc(-c3nc4ccccc4n3C)cc2n1Cc1ccc(-c2ccccc2C(=O)O)cc1.CCCc1nc2c(C)cc(-c3nc4ccccc4n3C)cc2n1Cc1ccc(-c2ccccc2C(=O)O)cc1.CCCc1nc2c(C)cc(-c3nc4ccccc4n3C)cc2n1Cc1ccc(-c2ccccc2C(=O)O)cc1.O=C(O)CC(O)(CC(=O)O)C(=O)O. The Hall–Kier alpha value is -15.8. The van der Waals surface area contributed by atoms with Gasteiger partial charge in [-0.2, -0.15) is 0 Å². The lowest BCUT2D eigenvalue weighted by Gasteiger charge is -2.18. The van der Waals surface area contributed by atoms with Gasteiger partial charge in [-0.25, -0.2) is 49.1 Å². The van der Waals surface area contributed by atoms with Crippen molar-refractivity contribution in [1.29, 1.82) is 0 Å². The minimum absolute atomic E-state index is 0.307. The second-order valence-electron chi connectivity index (χ2n) is 32.6. The lowest BCUT2D eigenvalue weighted by atomic mass is 9.96. The number of imidazole rings is 6. The molecule has 0 amide bonds. The fourth-order valence-corrected chi connectivity index (χ4v) is 17.1. The van der Waals surface area contributed by atoms with Crippen molar-refractivity contribution in [3.8, 4) is 67.5 Å². The van der Waals surface area contributed by atoms with Crippen LogP contribution in [0.25, 0.3) is 134 Å². The van der Waals surface area contributed by atoms with Crippen LogP contribution in [0.2, 0.25) is 0 Å². The normalized spacial score (nSPS) is 11.4. The summed E-state index contributed by atoms with van der Waals surface area (Å²) < 4.78 is 13.4. The molecule has 0 unspecified atom stereocenters. The number of aromatic carboxylic acids is 3. The Balaban J connectivity index is 0.000000140. The molecule has 0 saturated heterocycles. The van der Waals surface area contributed by atoms with Crippen LogP contribution in [0.4, 0.5) is 0 Å². The Morgan fingerprint density at radius 3 is 0.800 bits per heavy atom. The summed E-state index contributed by atoms with van der Waals surface area (Å²) in [4.78, 5) is 95.6. The first-order valence-electron chi connectivity index (χ1n) is 43.0. The van der Waals surface area contributed by atoms with Crippen molar-refractivity contribution in [2.24, 2.45) is 21.1 Å². The summed E-state index contributed by atoms with van der Waals surface area (Å²) >= 11 is 0. The summed E-state index contributed by atoms with van der Waals surface area (Å²) in [6.45, 7) is 14.9. The van der Waals surface area contributed by atoms with Gasteiger partial charge in [-0.1, -0.05) is 185 Å². The van der Waals surface area contributed by atoms with Gasteiger partial charge in [0.2, 0.25) is 0 Å². The van der Waals surface area contributed by atoms with Crippen LogP contribution in [0.15, 0.2) is 255 Å². The largest absolute Gasteiger partial charge is 0.481 e. The maximum absolute atomic E-state index is 11.7. The van der Waals surface area contributed by atoms with Crippen molar-refractivity contribution >= 4 is 102 Å². The van der Waals surface area contributed by atoms with Crippen LogP contribution < -0.4 is 0 Å². The molecule has 6 heterocycles. The Labute approximate surface area is 748 Å². The fraction of sp³-hybridized carbons (Fsp3) is 0.200. The van der Waals surface area contributed by atoms with E-state index in [-0.39, 0.29) is 0 Å². The molecule has 656 valence electrons. The van der Waals surface area contributed by atoms with Crippen LogP contribution in [-0.2, 0) is 74.4 Å².